The Bertz CT molecular complexity index is 513. The molecule has 0 aliphatic carbocycles. The Labute approximate surface area is 156 Å². The number of aromatic nitrogens is 2. The number of thiophene rings is 1. The maximum absolute atomic E-state index is 5.82. The molecular weight excluding hydrogens is 429 g/mol. The van der Waals surface area contributed by atoms with E-state index in [9.17, 15) is 0 Å². The van der Waals surface area contributed by atoms with Crippen LogP contribution >= 0.6 is 47.1 Å². The molecule has 5 nitrogen and oxygen atoms in total. The van der Waals surface area contributed by atoms with Gasteiger partial charge in [0.15, 0.2) is 5.96 Å². The molecule has 0 fully saturated rings. The zero-order chi connectivity index (χ0) is 14.8. The van der Waals surface area contributed by atoms with Crippen molar-refractivity contribution in [2.75, 3.05) is 18.8 Å². The van der Waals surface area contributed by atoms with Crippen LogP contribution in [0.4, 0.5) is 0 Å². The number of aromatic amines is 1. The van der Waals surface area contributed by atoms with E-state index in [4.69, 9.17) is 5.73 Å². The van der Waals surface area contributed by atoms with Crippen molar-refractivity contribution in [1.82, 2.24) is 15.3 Å². The number of halogens is 1. The van der Waals surface area contributed by atoms with Gasteiger partial charge in [0.05, 0.1) is 6.33 Å². The van der Waals surface area contributed by atoms with Crippen LogP contribution in [0, 0.1) is 0 Å². The molecule has 0 saturated carbocycles. The second-order valence-corrected chi connectivity index (χ2v) is 6.64. The summed E-state index contributed by atoms with van der Waals surface area (Å²) in [4.78, 5) is 12.8. The standard InChI is InChI=1S/C14H21N5S2.HI/c15-14(17-5-1-3-12-9-16-11-19-12)18-6-8-20-10-13-4-2-7-21-13;/h2,4,7,9,11H,1,3,5-6,8,10H2,(H,16,19)(H3,15,17,18);1H. The summed E-state index contributed by atoms with van der Waals surface area (Å²) in [7, 11) is 0. The number of aliphatic imine (C=N–C) groups is 1. The molecule has 2 aromatic rings. The van der Waals surface area contributed by atoms with Gasteiger partial charge < -0.3 is 16.0 Å². The van der Waals surface area contributed by atoms with Crippen LogP contribution in [0.25, 0.3) is 0 Å². The van der Waals surface area contributed by atoms with Crippen molar-refractivity contribution in [3.8, 4) is 0 Å². The molecule has 22 heavy (non-hydrogen) atoms. The highest BCUT2D eigenvalue weighted by molar-refractivity contribution is 14.0. The predicted molar refractivity (Wildman–Crippen MR) is 107 cm³/mol. The van der Waals surface area contributed by atoms with Crippen molar-refractivity contribution in [2.45, 2.75) is 18.6 Å². The molecule has 4 N–H and O–H groups in total. The number of aryl methyl sites for hydroxylation is 1. The molecule has 0 aromatic carbocycles. The summed E-state index contributed by atoms with van der Waals surface area (Å²) < 4.78 is 0. The maximum atomic E-state index is 5.82. The molecule has 0 spiro atoms. The third-order valence-electron chi connectivity index (χ3n) is 2.82. The van der Waals surface area contributed by atoms with E-state index in [0.717, 1.165) is 43.1 Å². The normalized spacial score (nSPS) is 11.2. The molecule has 0 aliphatic rings. The van der Waals surface area contributed by atoms with Gasteiger partial charge in [0.25, 0.3) is 0 Å². The molecule has 8 heteroatoms. The minimum Gasteiger partial charge on any atom is -0.370 e. The smallest absolute Gasteiger partial charge is 0.188 e. The van der Waals surface area contributed by atoms with Crippen LogP contribution in [0.5, 0.6) is 0 Å². The first-order chi connectivity index (χ1) is 10.3. The first-order valence-electron chi connectivity index (χ1n) is 6.96. The number of nitrogens with two attached hydrogens (primary N) is 1. The lowest BCUT2D eigenvalue weighted by atomic mass is 10.2. The van der Waals surface area contributed by atoms with E-state index >= 15 is 0 Å². The Kier molecular flexibility index (Phi) is 10.3. The molecule has 0 radical (unpaired) electrons. The Balaban J connectivity index is 0.00000242. The largest absolute Gasteiger partial charge is 0.370 e. The molecule has 0 bridgehead atoms. The molecular formula is C14H22IN5S2. The fourth-order valence-electron chi connectivity index (χ4n) is 1.77. The Morgan fingerprint density at radius 2 is 2.41 bits per heavy atom. The van der Waals surface area contributed by atoms with Crippen molar-refractivity contribution in [1.29, 1.82) is 0 Å². The molecule has 0 aliphatic heterocycles. The van der Waals surface area contributed by atoms with E-state index in [1.165, 1.54) is 4.88 Å². The topological polar surface area (TPSA) is 79.1 Å². The summed E-state index contributed by atoms with van der Waals surface area (Å²) in [5.41, 5.74) is 6.96. The van der Waals surface area contributed by atoms with Gasteiger partial charge in [-0.15, -0.1) is 35.3 Å². The van der Waals surface area contributed by atoms with Crippen LogP contribution < -0.4 is 11.1 Å². The molecule has 0 amide bonds. The van der Waals surface area contributed by atoms with Crippen LogP contribution in [0.3, 0.4) is 0 Å². The Morgan fingerprint density at radius 1 is 1.50 bits per heavy atom. The molecule has 0 atom stereocenters. The number of hydrogen-bond acceptors (Lipinski definition) is 4. The lowest BCUT2D eigenvalue weighted by Gasteiger charge is -2.05. The van der Waals surface area contributed by atoms with Gasteiger partial charge in [-0.25, -0.2) is 4.98 Å². The first-order valence-corrected chi connectivity index (χ1v) is 8.99. The summed E-state index contributed by atoms with van der Waals surface area (Å²) in [6.07, 6.45) is 5.46. The molecule has 2 rings (SSSR count). The number of H-pyrrole nitrogens is 1. The van der Waals surface area contributed by atoms with E-state index < -0.39 is 0 Å². The molecule has 122 valence electrons. The Morgan fingerprint density at radius 3 is 3.14 bits per heavy atom. The fraction of sp³-hybridized carbons (Fsp3) is 0.429. The van der Waals surface area contributed by atoms with Crippen LogP contribution in [-0.4, -0.2) is 34.8 Å². The fourth-order valence-corrected chi connectivity index (χ4v) is 3.46. The quantitative estimate of drug-likeness (QED) is 0.237. The molecule has 0 unspecified atom stereocenters. The summed E-state index contributed by atoms with van der Waals surface area (Å²) in [6, 6.07) is 4.26. The van der Waals surface area contributed by atoms with Gasteiger partial charge >= 0.3 is 0 Å². The molecule has 0 saturated heterocycles. The second kappa shape index (κ2) is 11.8. The lowest BCUT2D eigenvalue weighted by Crippen LogP contribution is -2.33. The number of thioether (sulfide) groups is 1. The summed E-state index contributed by atoms with van der Waals surface area (Å²) in [5.74, 6) is 2.64. The van der Waals surface area contributed by atoms with Gasteiger partial charge in [0.2, 0.25) is 0 Å². The van der Waals surface area contributed by atoms with Crippen LogP contribution in [0.15, 0.2) is 35.0 Å². The highest BCUT2D eigenvalue weighted by Crippen LogP contribution is 2.16. The van der Waals surface area contributed by atoms with E-state index in [2.05, 4.69) is 37.8 Å². The lowest BCUT2D eigenvalue weighted by molar-refractivity contribution is 0.806. The average Bonchev–Trinajstić information content (AvgIpc) is 3.16. The Hall–Kier alpha value is -0.740. The van der Waals surface area contributed by atoms with E-state index in [-0.39, 0.29) is 24.0 Å². The number of rotatable bonds is 9. The van der Waals surface area contributed by atoms with Gasteiger partial charge in [0, 0.05) is 41.4 Å². The summed E-state index contributed by atoms with van der Waals surface area (Å²) in [6.45, 7) is 1.59. The van der Waals surface area contributed by atoms with Gasteiger partial charge in [-0.05, 0) is 24.3 Å². The van der Waals surface area contributed by atoms with Gasteiger partial charge in [-0.1, -0.05) is 6.07 Å². The predicted octanol–water partition coefficient (Wildman–Crippen LogP) is 2.86. The molecule has 2 heterocycles. The summed E-state index contributed by atoms with van der Waals surface area (Å²) in [5, 5.41) is 5.26. The number of guanidine groups is 1. The monoisotopic (exact) mass is 451 g/mol. The van der Waals surface area contributed by atoms with E-state index in [1.807, 2.05) is 18.0 Å². The van der Waals surface area contributed by atoms with Crippen LogP contribution in [0.2, 0.25) is 0 Å². The van der Waals surface area contributed by atoms with Crippen molar-refractivity contribution < 1.29 is 0 Å². The van der Waals surface area contributed by atoms with Crippen molar-refractivity contribution in [3.05, 3.63) is 40.6 Å². The second-order valence-electron chi connectivity index (χ2n) is 4.51. The third-order valence-corrected chi connectivity index (χ3v) is 4.89. The van der Waals surface area contributed by atoms with E-state index in [1.54, 1.807) is 17.7 Å². The number of hydrogen-bond donors (Lipinski definition) is 3. The van der Waals surface area contributed by atoms with Crippen molar-refractivity contribution in [3.63, 3.8) is 0 Å². The summed E-state index contributed by atoms with van der Waals surface area (Å²) >= 11 is 3.71. The highest BCUT2D eigenvalue weighted by Gasteiger charge is 1.96. The minimum absolute atomic E-state index is 0. The van der Waals surface area contributed by atoms with E-state index in [0.29, 0.717) is 5.96 Å². The highest BCUT2D eigenvalue weighted by atomic mass is 127. The van der Waals surface area contributed by atoms with Crippen LogP contribution in [-0.2, 0) is 12.2 Å². The van der Waals surface area contributed by atoms with Gasteiger partial charge in [-0.2, -0.15) is 11.8 Å². The average molecular weight is 451 g/mol. The third kappa shape index (κ3) is 8.04. The number of nitrogens with one attached hydrogen (secondary N) is 2. The zero-order valence-corrected chi connectivity index (χ0v) is 16.3. The number of nitrogens with zero attached hydrogens (tertiary/aromatic N) is 2. The molecule has 2 aromatic heterocycles. The van der Waals surface area contributed by atoms with Gasteiger partial charge in [0.1, 0.15) is 0 Å². The maximum Gasteiger partial charge on any atom is 0.188 e. The minimum atomic E-state index is 0. The first kappa shape index (κ1) is 19.3. The van der Waals surface area contributed by atoms with Crippen molar-refractivity contribution >= 4 is 53.0 Å². The zero-order valence-electron chi connectivity index (χ0n) is 12.3. The van der Waals surface area contributed by atoms with Crippen LogP contribution in [0.1, 0.15) is 17.0 Å². The SMILES string of the molecule is I.NC(=NCCCc1cnc[nH]1)NCCSCc1cccs1. The van der Waals surface area contributed by atoms with Gasteiger partial charge in [-0.3, -0.25) is 4.99 Å². The number of imidazole rings is 1. The van der Waals surface area contributed by atoms with Crippen molar-refractivity contribution in [2.24, 2.45) is 10.7 Å².